The molecule has 33 heavy (non-hydrogen) atoms. The van der Waals surface area contributed by atoms with Crippen molar-refractivity contribution in [2.75, 3.05) is 38.2 Å². The van der Waals surface area contributed by atoms with Gasteiger partial charge in [-0.3, -0.25) is 9.48 Å². The van der Waals surface area contributed by atoms with Gasteiger partial charge in [0.05, 0.1) is 25.2 Å². The standard InChI is InChI=1S/C24H29FN6O2/c1-5-19-12-21(18-10-16(2)23(25)17(3)11-18)28-31(19)15-22(32)29-6-8-30(9-7-29)24-26-13-20(33-4)14-27-24/h10-14H,5-9,15H2,1-4H3. The Labute approximate surface area is 193 Å². The maximum absolute atomic E-state index is 14.0. The third kappa shape index (κ3) is 4.81. The van der Waals surface area contributed by atoms with Crippen molar-refractivity contribution >= 4 is 11.9 Å². The monoisotopic (exact) mass is 452 g/mol. The van der Waals surface area contributed by atoms with E-state index < -0.39 is 0 Å². The predicted octanol–water partition coefficient (Wildman–Crippen LogP) is 3.02. The van der Waals surface area contributed by atoms with Crippen molar-refractivity contribution in [3.63, 3.8) is 0 Å². The molecule has 1 aromatic carbocycles. The summed E-state index contributed by atoms with van der Waals surface area (Å²) in [6.07, 6.45) is 4.04. The Morgan fingerprint density at radius 3 is 2.27 bits per heavy atom. The van der Waals surface area contributed by atoms with Crippen molar-refractivity contribution in [2.45, 2.75) is 33.7 Å². The number of carbonyl (C=O) groups excluding carboxylic acids is 1. The van der Waals surface area contributed by atoms with Gasteiger partial charge in [-0.1, -0.05) is 6.92 Å². The number of carbonyl (C=O) groups is 1. The number of hydrogen-bond acceptors (Lipinski definition) is 6. The van der Waals surface area contributed by atoms with E-state index in [0.717, 1.165) is 23.4 Å². The molecule has 0 unspecified atom stereocenters. The molecule has 0 radical (unpaired) electrons. The summed E-state index contributed by atoms with van der Waals surface area (Å²) >= 11 is 0. The highest BCUT2D eigenvalue weighted by atomic mass is 19.1. The topological polar surface area (TPSA) is 76.4 Å². The van der Waals surface area contributed by atoms with Gasteiger partial charge in [-0.25, -0.2) is 14.4 Å². The average Bonchev–Trinajstić information content (AvgIpc) is 3.25. The number of methoxy groups -OCH3 is 1. The SMILES string of the molecule is CCc1cc(-c2cc(C)c(F)c(C)c2)nn1CC(=O)N1CCN(c2ncc(OC)cn2)CC1. The largest absolute Gasteiger partial charge is 0.494 e. The van der Waals surface area contributed by atoms with Crippen LogP contribution in [0, 0.1) is 19.7 Å². The van der Waals surface area contributed by atoms with Gasteiger partial charge >= 0.3 is 0 Å². The van der Waals surface area contributed by atoms with E-state index in [1.54, 1.807) is 50.2 Å². The van der Waals surface area contributed by atoms with Gasteiger partial charge in [-0.15, -0.1) is 0 Å². The van der Waals surface area contributed by atoms with Crippen LogP contribution in [0.5, 0.6) is 5.75 Å². The zero-order chi connectivity index (χ0) is 23.5. The lowest BCUT2D eigenvalue weighted by molar-refractivity contribution is -0.132. The molecule has 9 heteroatoms. The van der Waals surface area contributed by atoms with Crippen molar-refractivity contribution in [2.24, 2.45) is 0 Å². The Balaban J connectivity index is 1.42. The van der Waals surface area contributed by atoms with Gasteiger partial charge in [-0.05, 0) is 49.6 Å². The second-order valence-corrected chi connectivity index (χ2v) is 8.25. The maximum atomic E-state index is 14.0. The summed E-state index contributed by atoms with van der Waals surface area (Å²) in [7, 11) is 1.58. The summed E-state index contributed by atoms with van der Waals surface area (Å²) < 4.78 is 20.9. The number of benzene rings is 1. The van der Waals surface area contributed by atoms with Crippen molar-refractivity contribution in [3.05, 3.63) is 53.2 Å². The first-order chi connectivity index (χ1) is 15.9. The highest BCUT2D eigenvalue weighted by Crippen LogP contribution is 2.25. The Hall–Kier alpha value is -3.49. The van der Waals surface area contributed by atoms with Crippen molar-refractivity contribution in [1.82, 2.24) is 24.6 Å². The second kappa shape index (κ2) is 9.56. The van der Waals surface area contributed by atoms with Crippen LogP contribution < -0.4 is 9.64 Å². The van der Waals surface area contributed by atoms with Gasteiger partial charge in [0.2, 0.25) is 11.9 Å². The number of rotatable bonds is 6. The average molecular weight is 453 g/mol. The van der Waals surface area contributed by atoms with Gasteiger partial charge in [0.25, 0.3) is 0 Å². The minimum atomic E-state index is -0.191. The number of halogens is 1. The van der Waals surface area contributed by atoms with E-state index in [1.165, 1.54) is 0 Å². The summed E-state index contributed by atoms with van der Waals surface area (Å²) in [5, 5.41) is 4.68. The van der Waals surface area contributed by atoms with E-state index in [4.69, 9.17) is 4.74 Å². The molecule has 0 saturated carbocycles. The number of ether oxygens (including phenoxy) is 1. The molecule has 174 valence electrons. The first-order valence-electron chi connectivity index (χ1n) is 11.1. The van der Waals surface area contributed by atoms with Crippen LogP contribution in [0.4, 0.5) is 10.3 Å². The van der Waals surface area contributed by atoms with Crippen LogP contribution in [-0.4, -0.2) is 63.8 Å². The number of hydrogen-bond donors (Lipinski definition) is 0. The number of nitrogens with zero attached hydrogens (tertiary/aromatic N) is 6. The minimum absolute atomic E-state index is 0.0288. The van der Waals surface area contributed by atoms with Gasteiger partial charge in [0, 0.05) is 37.4 Å². The number of amides is 1. The van der Waals surface area contributed by atoms with E-state index in [9.17, 15) is 9.18 Å². The molecule has 1 aliphatic heterocycles. The molecule has 1 amide bonds. The van der Waals surface area contributed by atoms with Crippen LogP contribution in [0.2, 0.25) is 0 Å². The Morgan fingerprint density at radius 2 is 1.70 bits per heavy atom. The normalized spacial score (nSPS) is 14.0. The molecule has 2 aromatic heterocycles. The molecule has 8 nitrogen and oxygen atoms in total. The fraction of sp³-hybridized carbons (Fsp3) is 0.417. The molecule has 0 atom stereocenters. The zero-order valence-electron chi connectivity index (χ0n) is 19.5. The fourth-order valence-corrected chi connectivity index (χ4v) is 4.07. The van der Waals surface area contributed by atoms with Gasteiger partial charge < -0.3 is 14.5 Å². The van der Waals surface area contributed by atoms with Gasteiger partial charge in [-0.2, -0.15) is 5.10 Å². The number of piperazine rings is 1. The predicted molar refractivity (Wildman–Crippen MR) is 124 cm³/mol. The van der Waals surface area contributed by atoms with Crippen LogP contribution >= 0.6 is 0 Å². The van der Waals surface area contributed by atoms with Crippen molar-refractivity contribution < 1.29 is 13.9 Å². The lowest BCUT2D eigenvalue weighted by Crippen LogP contribution is -2.50. The molecule has 0 N–H and O–H groups in total. The maximum Gasteiger partial charge on any atom is 0.244 e. The van der Waals surface area contributed by atoms with Crippen LogP contribution in [0.15, 0.2) is 30.6 Å². The van der Waals surface area contributed by atoms with E-state index in [2.05, 4.69) is 20.0 Å². The molecule has 1 aliphatic rings. The number of aromatic nitrogens is 4. The lowest BCUT2D eigenvalue weighted by atomic mass is 10.0. The van der Waals surface area contributed by atoms with Crippen LogP contribution in [0.1, 0.15) is 23.7 Å². The molecule has 0 bridgehead atoms. The minimum Gasteiger partial charge on any atom is -0.494 e. The lowest BCUT2D eigenvalue weighted by Gasteiger charge is -2.34. The second-order valence-electron chi connectivity index (χ2n) is 8.25. The highest BCUT2D eigenvalue weighted by molar-refractivity contribution is 5.76. The number of anilines is 1. The van der Waals surface area contributed by atoms with E-state index in [0.29, 0.717) is 49.0 Å². The smallest absolute Gasteiger partial charge is 0.244 e. The molecule has 3 aromatic rings. The third-order valence-electron chi connectivity index (χ3n) is 6.01. The molecule has 0 aliphatic carbocycles. The molecule has 3 heterocycles. The van der Waals surface area contributed by atoms with Gasteiger partial charge in [0.1, 0.15) is 12.4 Å². The van der Waals surface area contributed by atoms with E-state index in [-0.39, 0.29) is 18.3 Å². The Morgan fingerprint density at radius 1 is 1.06 bits per heavy atom. The third-order valence-corrected chi connectivity index (χ3v) is 6.01. The summed E-state index contributed by atoms with van der Waals surface area (Å²) in [6, 6.07) is 5.59. The van der Waals surface area contributed by atoms with Crippen LogP contribution in [-0.2, 0) is 17.8 Å². The first-order valence-corrected chi connectivity index (χ1v) is 11.1. The van der Waals surface area contributed by atoms with Crippen LogP contribution in [0.25, 0.3) is 11.3 Å². The molecular weight excluding hydrogens is 423 g/mol. The highest BCUT2D eigenvalue weighted by Gasteiger charge is 2.24. The van der Waals surface area contributed by atoms with Crippen LogP contribution in [0.3, 0.4) is 0 Å². The summed E-state index contributed by atoms with van der Waals surface area (Å²) in [4.78, 5) is 25.6. The summed E-state index contributed by atoms with van der Waals surface area (Å²) in [5.74, 6) is 1.09. The summed E-state index contributed by atoms with van der Waals surface area (Å²) in [6.45, 7) is 8.25. The van der Waals surface area contributed by atoms with Crippen molar-refractivity contribution in [1.29, 1.82) is 0 Å². The number of aryl methyl sites for hydroxylation is 3. The summed E-state index contributed by atoms with van der Waals surface area (Å²) in [5.41, 5.74) is 3.77. The van der Waals surface area contributed by atoms with E-state index >= 15 is 0 Å². The molecular formula is C24H29FN6O2. The zero-order valence-corrected chi connectivity index (χ0v) is 19.5. The first kappa shape index (κ1) is 22.7. The van der Waals surface area contributed by atoms with E-state index in [1.807, 2.05) is 17.9 Å². The van der Waals surface area contributed by atoms with Gasteiger partial charge in [0.15, 0.2) is 5.75 Å². The molecule has 0 spiro atoms. The molecule has 1 saturated heterocycles. The van der Waals surface area contributed by atoms with Crippen molar-refractivity contribution in [3.8, 4) is 17.0 Å². The Bertz CT molecular complexity index is 1110. The molecule has 4 rings (SSSR count). The fourth-order valence-electron chi connectivity index (χ4n) is 4.07. The quantitative estimate of drug-likeness (QED) is 0.572. The Kier molecular flexibility index (Phi) is 6.57. The molecule has 1 fully saturated rings.